The number of fused-ring (bicyclic) bond motifs is 2. The van der Waals surface area contributed by atoms with E-state index in [4.69, 9.17) is 30.8 Å². The summed E-state index contributed by atoms with van der Waals surface area (Å²) in [4.78, 5) is 25.7. The van der Waals surface area contributed by atoms with Gasteiger partial charge in [0.15, 0.2) is 5.75 Å². The van der Waals surface area contributed by atoms with Gasteiger partial charge in [0.05, 0.1) is 60.1 Å². The predicted molar refractivity (Wildman–Crippen MR) is 136 cm³/mol. The van der Waals surface area contributed by atoms with Crippen LogP contribution >= 0.6 is 11.6 Å². The molecule has 1 amide bonds. The number of aromatic nitrogens is 3. The number of carbonyl (C=O) groups is 1. The standard InChI is InChI=1S/C26H24ClN5O4/c1-34-25-16(27)3-2-4-19(25)31-24-21-17(8-10-29-26(21)33)30-23(24)15-7-9-28-18-5-6-20(32-22(15)18)36-13-14-11-35-12-14/h2-7,9,14,30-31H,8,10-13H2,1H3,(H,29,33). The van der Waals surface area contributed by atoms with Crippen molar-refractivity contribution in [1.29, 1.82) is 0 Å². The molecule has 4 aromatic rings. The Morgan fingerprint density at radius 1 is 1.22 bits per heavy atom. The van der Waals surface area contributed by atoms with Crippen LogP contribution in [-0.4, -0.2) is 54.3 Å². The molecular weight excluding hydrogens is 482 g/mol. The molecule has 6 rings (SSSR count). The zero-order chi connectivity index (χ0) is 24.6. The van der Waals surface area contributed by atoms with E-state index in [1.807, 2.05) is 30.3 Å². The Morgan fingerprint density at radius 3 is 2.92 bits per heavy atom. The number of anilines is 2. The number of nitrogens with zero attached hydrogens (tertiary/aromatic N) is 2. The van der Waals surface area contributed by atoms with E-state index < -0.39 is 0 Å². The number of nitrogens with one attached hydrogen (secondary N) is 3. The highest BCUT2D eigenvalue weighted by Crippen LogP contribution is 2.42. The van der Waals surface area contributed by atoms with E-state index >= 15 is 0 Å². The molecule has 0 unspecified atom stereocenters. The Hall–Kier alpha value is -3.82. The molecule has 10 heteroatoms. The second-order valence-corrected chi connectivity index (χ2v) is 9.18. The fourth-order valence-electron chi connectivity index (χ4n) is 4.53. The van der Waals surface area contributed by atoms with E-state index in [0.29, 0.717) is 77.8 Å². The SMILES string of the molecule is COc1c(Cl)cccc1Nc1c(-c2ccnc3ccc(OCC4COC4)nc23)[nH]c2c1C(=O)NCC2. The molecule has 1 saturated heterocycles. The lowest BCUT2D eigenvalue weighted by atomic mass is 10.0. The number of methoxy groups -OCH3 is 1. The summed E-state index contributed by atoms with van der Waals surface area (Å²) in [7, 11) is 1.56. The molecule has 2 aliphatic heterocycles. The molecule has 0 aliphatic carbocycles. The molecule has 0 atom stereocenters. The molecule has 3 N–H and O–H groups in total. The van der Waals surface area contributed by atoms with Gasteiger partial charge >= 0.3 is 0 Å². The first-order valence-electron chi connectivity index (χ1n) is 11.7. The number of hydrogen-bond acceptors (Lipinski definition) is 7. The fraction of sp³-hybridized carbons (Fsp3) is 0.269. The number of rotatable bonds is 7. The first kappa shape index (κ1) is 22.6. The smallest absolute Gasteiger partial charge is 0.255 e. The molecule has 184 valence electrons. The number of halogens is 1. The summed E-state index contributed by atoms with van der Waals surface area (Å²) in [6.45, 7) is 2.52. The average Bonchev–Trinajstić information content (AvgIpc) is 3.22. The van der Waals surface area contributed by atoms with Gasteiger partial charge in [0.1, 0.15) is 5.52 Å². The Balaban J connectivity index is 1.48. The van der Waals surface area contributed by atoms with Gasteiger partial charge in [0, 0.05) is 42.4 Å². The van der Waals surface area contributed by atoms with Crippen molar-refractivity contribution in [3.05, 3.63) is 58.9 Å². The van der Waals surface area contributed by atoms with Crippen molar-refractivity contribution < 1.29 is 19.0 Å². The summed E-state index contributed by atoms with van der Waals surface area (Å²) in [5, 5.41) is 6.81. The van der Waals surface area contributed by atoms with Crippen LogP contribution in [0.4, 0.5) is 11.4 Å². The van der Waals surface area contributed by atoms with E-state index in [9.17, 15) is 4.79 Å². The van der Waals surface area contributed by atoms with Crippen molar-refractivity contribution >= 4 is 39.9 Å². The molecule has 1 fully saturated rings. The second kappa shape index (κ2) is 9.33. The predicted octanol–water partition coefficient (Wildman–Crippen LogP) is 4.34. The highest BCUT2D eigenvalue weighted by atomic mass is 35.5. The maximum Gasteiger partial charge on any atom is 0.255 e. The van der Waals surface area contributed by atoms with Gasteiger partial charge in [-0.15, -0.1) is 0 Å². The number of para-hydroxylation sites is 1. The molecule has 0 saturated carbocycles. The summed E-state index contributed by atoms with van der Waals surface area (Å²) in [5.74, 6) is 1.24. The van der Waals surface area contributed by atoms with Crippen LogP contribution in [0.2, 0.25) is 5.02 Å². The fourth-order valence-corrected chi connectivity index (χ4v) is 4.78. The number of hydrogen-bond donors (Lipinski definition) is 3. The lowest BCUT2D eigenvalue weighted by molar-refractivity contribution is -0.0513. The number of carbonyl (C=O) groups excluding carboxylic acids is 1. The third kappa shape index (κ3) is 4.00. The zero-order valence-electron chi connectivity index (χ0n) is 19.6. The first-order chi connectivity index (χ1) is 17.6. The Morgan fingerprint density at radius 2 is 2.11 bits per heavy atom. The van der Waals surface area contributed by atoms with E-state index in [-0.39, 0.29) is 5.91 Å². The van der Waals surface area contributed by atoms with Crippen molar-refractivity contribution in [3.63, 3.8) is 0 Å². The lowest BCUT2D eigenvalue weighted by Crippen LogP contribution is -2.32. The lowest BCUT2D eigenvalue weighted by Gasteiger charge is -2.25. The summed E-state index contributed by atoms with van der Waals surface area (Å²) in [6.07, 6.45) is 2.41. The van der Waals surface area contributed by atoms with Gasteiger partial charge in [0.25, 0.3) is 5.91 Å². The van der Waals surface area contributed by atoms with Crippen molar-refractivity contribution in [3.8, 4) is 22.9 Å². The van der Waals surface area contributed by atoms with Gasteiger partial charge in [-0.2, -0.15) is 0 Å². The third-order valence-electron chi connectivity index (χ3n) is 6.40. The molecule has 1 aromatic carbocycles. The van der Waals surface area contributed by atoms with Crippen molar-refractivity contribution in [2.75, 3.05) is 38.8 Å². The number of H-pyrrole nitrogens is 1. The molecule has 0 bridgehead atoms. The molecule has 0 spiro atoms. The van der Waals surface area contributed by atoms with Gasteiger partial charge in [0.2, 0.25) is 5.88 Å². The maximum atomic E-state index is 13.0. The van der Waals surface area contributed by atoms with Gasteiger partial charge in [-0.25, -0.2) is 4.98 Å². The number of aromatic amines is 1. The van der Waals surface area contributed by atoms with Crippen LogP contribution in [0.15, 0.2) is 42.6 Å². The minimum Gasteiger partial charge on any atom is -0.493 e. The normalized spacial score (nSPS) is 15.2. The Labute approximate surface area is 212 Å². The van der Waals surface area contributed by atoms with Crippen LogP contribution in [0.25, 0.3) is 22.3 Å². The third-order valence-corrected chi connectivity index (χ3v) is 6.70. The number of benzene rings is 1. The highest BCUT2D eigenvalue weighted by molar-refractivity contribution is 6.32. The molecule has 2 aliphatic rings. The van der Waals surface area contributed by atoms with E-state index in [1.165, 1.54) is 0 Å². The van der Waals surface area contributed by atoms with Gasteiger partial charge < -0.3 is 29.8 Å². The monoisotopic (exact) mass is 505 g/mol. The van der Waals surface area contributed by atoms with Crippen LogP contribution in [0.5, 0.6) is 11.6 Å². The van der Waals surface area contributed by atoms with Gasteiger partial charge in [-0.05, 0) is 24.3 Å². The topological polar surface area (TPSA) is 110 Å². The minimum absolute atomic E-state index is 0.152. The highest BCUT2D eigenvalue weighted by Gasteiger charge is 2.29. The van der Waals surface area contributed by atoms with Crippen LogP contribution in [0.3, 0.4) is 0 Å². The van der Waals surface area contributed by atoms with Crippen molar-refractivity contribution in [1.82, 2.24) is 20.3 Å². The van der Waals surface area contributed by atoms with Gasteiger partial charge in [-0.1, -0.05) is 17.7 Å². The average molecular weight is 506 g/mol. The first-order valence-corrected chi connectivity index (χ1v) is 12.1. The van der Waals surface area contributed by atoms with Crippen LogP contribution in [0.1, 0.15) is 16.1 Å². The van der Waals surface area contributed by atoms with Crippen molar-refractivity contribution in [2.45, 2.75) is 6.42 Å². The van der Waals surface area contributed by atoms with Crippen LogP contribution in [-0.2, 0) is 11.2 Å². The summed E-state index contributed by atoms with van der Waals surface area (Å²) < 4.78 is 16.7. The number of amides is 1. The molecule has 0 radical (unpaired) electrons. The second-order valence-electron chi connectivity index (χ2n) is 8.77. The molecule has 5 heterocycles. The molecule has 3 aromatic heterocycles. The zero-order valence-corrected chi connectivity index (χ0v) is 20.3. The number of ether oxygens (including phenoxy) is 3. The van der Waals surface area contributed by atoms with Crippen LogP contribution < -0.4 is 20.1 Å². The van der Waals surface area contributed by atoms with E-state index in [1.54, 1.807) is 19.4 Å². The summed E-state index contributed by atoms with van der Waals surface area (Å²) in [6, 6.07) is 11.0. The summed E-state index contributed by atoms with van der Waals surface area (Å²) in [5.41, 5.74) is 5.57. The Bertz CT molecular complexity index is 1470. The molecule has 9 nitrogen and oxygen atoms in total. The largest absolute Gasteiger partial charge is 0.493 e. The number of pyridine rings is 2. The quantitative estimate of drug-likeness (QED) is 0.342. The minimum atomic E-state index is -0.152. The summed E-state index contributed by atoms with van der Waals surface area (Å²) >= 11 is 6.37. The van der Waals surface area contributed by atoms with Crippen LogP contribution in [0, 0.1) is 5.92 Å². The van der Waals surface area contributed by atoms with Crippen molar-refractivity contribution in [2.24, 2.45) is 5.92 Å². The molecular formula is C26H24ClN5O4. The van der Waals surface area contributed by atoms with E-state index in [0.717, 1.165) is 22.5 Å². The molecule has 36 heavy (non-hydrogen) atoms. The van der Waals surface area contributed by atoms with E-state index in [2.05, 4.69) is 20.6 Å². The van der Waals surface area contributed by atoms with Gasteiger partial charge in [-0.3, -0.25) is 9.78 Å². The Kier molecular flexibility index (Phi) is 5.86. The maximum absolute atomic E-state index is 13.0.